The average molecular weight is 427 g/mol. The maximum Gasteiger partial charge on any atom is 0.226 e. The minimum absolute atomic E-state index is 0.143. The molecule has 0 aromatic carbocycles. The van der Waals surface area contributed by atoms with Gasteiger partial charge in [0.15, 0.2) is 0 Å². The summed E-state index contributed by atoms with van der Waals surface area (Å²) < 4.78 is 0.727. The molecule has 2 atom stereocenters. The minimum atomic E-state index is -0.857. The van der Waals surface area contributed by atoms with Crippen molar-refractivity contribution >= 4 is 44.5 Å². The third kappa shape index (κ3) is 2.96. The van der Waals surface area contributed by atoms with Crippen LogP contribution >= 0.6 is 38.6 Å². The lowest BCUT2D eigenvalue weighted by atomic mass is 9.90. The van der Waals surface area contributed by atoms with Crippen LogP contribution in [0.3, 0.4) is 0 Å². The fourth-order valence-corrected chi connectivity index (χ4v) is 6.31. The number of carbonyl (C=O) groups is 1. The van der Waals surface area contributed by atoms with E-state index in [0.29, 0.717) is 31.8 Å². The Morgan fingerprint density at radius 2 is 2.17 bits per heavy atom. The number of aryl methyl sites for hydroxylation is 1. The predicted octanol–water partition coefficient (Wildman–Crippen LogP) is 3.89. The van der Waals surface area contributed by atoms with E-state index in [9.17, 15) is 9.90 Å². The maximum absolute atomic E-state index is 12.7. The quantitative estimate of drug-likeness (QED) is 0.809. The number of thiophene rings is 1. The zero-order chi connectivity index (χ0) is 16.9. The standard InChI is InChI=1S/C17H19BrN2O2S2/c1-10-2-3-13(24-10)11-8-12(11)16(21)20-6-4-17(22,5-7-20)14-15(18)19-9-23-14/h2-3,9,11-12,22H,4-8H2,1H3/t11-,12-/m0/s1. The summed E-state index contributed by atoms with van der Waals surface area (Å²) >= 11 is 6.69. The molecule has 2 aromatic rings. The van der Waals surface area contributed by atoms with E-state index in [1.54, 1.807) is 16.8 Å². The molecule has 1 aliphatic heterocycles. The van der Waals surface area contributed by atoms with Crippen molar-refractivity contribution in [2.24, 2.45) is 5.92 Å². The second kappa shape index (κ2) is 6.20. The molecule has 2 fully saturated rings. The second-order valence-electron chi connectivity index (χ2n) is 6.73. The third-order valence-electron chi connectivity index (χ3n) is 5.08. The number of halogens is 1. The van der Waals surface area contributed by atoms with Gasteiger partial charge < -0.3 is 10.0 Å². The fraction of sp³-hybridized carbons (Fsp3) is 0.529. The summed E-state index contributed by atoms with van der Waals surface area (Å²) in [5.74, 6) is 0.813. The molecule has 128 valence electrons. The smallest absolute Gasteiger partial charge is 0.226 e. The van der Waals surface area contributed by atoms with Crippen molar-refractivity contribution in [3.8, 4) is 0 Å². The van der Waals surface area contributed by atoms with Crippen LogP contribution < -0.4 is 0 Å². The highest BCUT2D eigenvalue weighted by atomic mass is 79.9. The van der Waals surface area contributed by atoms with Crippen LogP contribution in [0.2, 0.25) is 0 Å². The number of nitrogens with zero attached hydrogens (tertiary/aromatic N) is 2. The Hall–Kier alpha value is -0.760. The van der Waals surface area contributed by atoms with Crippen molar-refractivity contribution in [2.75, 3.05) is 13.1 Å². The minimum Gasteiger partial charge on any atom is -0.384 e. The van der Waals surface area contributed by atoms with E-state index in [2.05, 4.69) is 40.0 Å². The van der Waals surface area contributed by atoms with Crippen molar-refractivity contribution in [3.63, 3.8) is 0 Å². The zero-order valence-electron chi connectivity index (χ0n) is 13.4. The van der Waals surface area contributed by atoms with Crippen molar-refractivity contribution in [3.05, 3.63) is 36.9 Å². The first kappa shape index (κ1) is 16.7. The van der Waals surface area contributed by atoms with E-state index in [0.717, 1.165) is 15.9 Å². The summed E-state index contributed by atoms with van der Waals surface area (Å²) in [7, 11) is 0. The molecule has 3 heterocycles. The number of amides is 1. The Morgan fingerprint density at radius 3 is 2.75 bits per heavy atom. The van der Waals surface area contributed by atoms with Gasteiger partial charge in [-0.3, -0.25) is 4.79 Å². The van der Waals surface area contributed by atoms with Crippen molar-refractivity contribution < 1.29 is 9.90 Å². The number of piperidine rings is 1. The van der Waals surface area contributed by atoms with Gasteiger partial charge in [0.05, 0.1) is 10.4 Å². The Labute approximate surface area is 157 Å². The molecule has 2 aliphatic rings. The molecule has 1 N–H and O–H groups in total. The maximum atomic E-state index is 12.7. The van der Waals surface area contributed by atoms with Crippen LogP contribution in [0.1, 0.15) is 39.8 Å². The molecule has 0 radical (unpaired) electrons. The normalized spacial score (nSPS) is 25.7. The number of rotatable bonds is 3. The van der Waals surface area contributed by atoms with Gasteiger partial charge in [0, 0.05) is 34.7 Å². The monoisotopic (exact) mass is 426 g/mol. The van der Waals surface area contributed by atoms with Gasteiger partial charge in [-0.05, 0) is 54.2 Å². The second-order valence-corrected chi connectivity index (χ2v) is 9.65. The summed E-state index contributed by atoms with van der Waals surface area (Å²) in [6.45, 7) is 3.34. The lowest BCUT2D eigenvalue weighted by Gasteiger charge is -2.37. The highest BCUT2D eigenvalue weighted by molar-refractivity contribution is 9.10. The Balaban J connectivity index is 1.38. The molecule has 0 unspecified atom stereocenters. The van der Waals surface area contributed by atoms with Crippen LogP contribution in [0.4, 0.5) is 0 Å². The molecule has 2 aromatic heterocycles. The van der Waals surface area contributed by atoms with Gasteiger partial charge in [0.25, 0.3) is 0 Å². The van der Waals surface area contributed by atoms with Gasteiger partial charge in [0.2, 0.25) is 5.91 Å². The molecule has 4 nitrogen and oxygen atoms in total. The Morgan fingerprint density at radius 1 is 1.42 bits per heavy atom. The number of thiazole rings is 1. The van der Waals surface area contributed by atoms with E-state index in [1.807, 2.05) is 4.90 Å². The first-order chi connectivity index (χ1) is 11.5. The summed E-state index contributed by atoms with van der Waals surface area (Å²) in [4.78, 5) is 22.4. The molecular formula is C17H19BrN2O2S2. The van der Waals surface area contributed by atoms with Gasteiger partial charge in [0.1, 0.15) is 10.2 Å². The Bertz CT molecular complexity index is 764. The largest absolute Gasteiger partial charge is 0.384 e. The summed E-state index contributed by atoms with van der Waals surface area (Å²) in [6, 6.07) is 4.29. The van der Waals surface area contributed by atoms with Crippen LogP contribution in [0.25, 0.3) is 0 Å². The molecular weight excluding hydrogens is 408 g/mol. The first-order valence-corrected chi connectivity index (χ1v) is 10.6. The first-order valence-electron chi connectivity index (χ1n) is 8.15. The molecule has 24 heavy (non-hydrogen) atoms. The SMILES string of the molecule is Cc1ccc([C@H]2C[C@@H]2C(=O)N2CCC(O)(c3scnc3Br)CC2)s1. The van der Waals surface area contributed by atoms with Crippen LogP contribution in [0, 0.1) is 12.8 Å². The number of likely N-dealkylation sites (tertiary alicyclic amines) is 1. The fourth-order valence-electron chi connectivity index (χ4n) is 3.53. The summed E-state index contributed by atoms with van der Waals surface area (Å²) in [5, 5.41) is 10.9. The zero-order valence-corrected chi connectivity index (χ0v) is 16.6. The van der Waals surface area contributed by atoms with Crippen LogP contribution in [-0.2, 0) is 10.4 Å². The van der Waals surface area contributed by atoms with Crippen LogP contribution in [0.5, 0.6) is 0 Å². The van der Waals surface area contributed by atoms with Crippen LogP contribution in [-0.4, -0.2) is 34.0 Å². The van der Waals surface area contributed by atoms with E-state index in [4.69, 9.17) is 0 Å². The van der Waals surface area contributed by atoms with Gasteiger partial charge in [-0.1, -0.05) is 0 Å². The third-order valence-corrected chi connectivity index (χ3v) is 8.10. The predicted molar refractivity (Wildman–Crippen MR) is 99.4 cm³/mol. The lowest BCUT2D eigenvalue weighted by Crippen LogP contribution is -2.45. The van der Waals surface area contributed by atoms with Gasteiger partial charge in [-0.15, -0.1) is 22.7 Å². The van der Waals surface area contributed by atoms with Crippen molar-refractivity contribution in [1.82, 2.24) is 9.88 Å². The topological polar surface area (TPSA) is 53.4 Å². The molecule has 1 aliphatic carbocycles. The van der Waals surface area contributed by atoms with Gasteiger partial charge >= 0.3 is 0 Å². The number of aromatic nitrogens is 1. The molecule has 1 saturated heterocycles. The highest BCUT2D eigenvalue weighted by Crippen LogP contribution is 2.51. The number of aliphatic hydroxyl groups is 1. The van der Waals surface area contributed by atoms with E-state index >= 15 is 0 Å². The molecule has 4 rings (SSSR count). The van der Waals surface area contributed by atoms with E-state index < -0.39 is 5.60 Å². The molecule has 1 amide bonds. The number of hydrogen-bond acceptors (Lipinski definition) is 5. The lowest BCUT2D eigenvalue weighted by molar-refractivity contribution is -0.137. The molecule has 0 bridgehead atoms. The van der Waals surface area contributed by atoms with Crippen molar-refractivity contribution in [1.29, 1.82) is 0 Å². The summed E-state index contributed by atoms with van der Waals surface area (Å²) in [6.07, 6.45) is 2.13. The number of hydrogen-bond donors (Lipinski definition) is 1. The summed E-state index contributed by atoms with van der Waals surface area (Å²) in [5.41, 5.74) is 0.886. The Kier molecular flexibility index (Phi) is 4.31. The molecule has 0 spiro atoms. The number of carbonyl (C=O) groups excluding carboxylic acids is 1. The van der Waals surface area contributed by atoms with Gasteiger partial charge in [-0.25, -0.2) is 4.98 Å². The van der Waals surface area contributed by atoms with Crippen LogP contribution in [0.15, 0.2) is 22.2 Å². The highest BCUT2D eigenvalue weighted by Gasteiger charge is 2.48. The van der Waals surface area contributed by atoms with Gasteiger partial charge in [-0.2, -0.15) is 0 Å². The average Bonchev–Trinajstić information content (AvgIpc) is 3.04. The van der Waals surface area contributed by atoms with E-state index in [-0.39, 0.29) is 11.8 Å². The molecule has 1 saturated carbocycles. The van der Waals surface area contributed by atoms with Crippen molar-refractivity contribution in [2.45, 2.75) is 37.7 Å². The van der Waals surface area contributed by atoms with E-state index in [1.165, 1.54) is 21.1 Å². The molecule has 7 heteroatoms.